The van der Waals surface area contributed by atoms with Gasteiger partial charge < -0.3 is 14.3 Å². The number of hydrogen-bond donors (Lipinski definition) is 1. The van der Waals surface area contributed by atoms with Crippen LogP contribution in [-0.2, 0) is 6.61 Å². The average molecular weight is 179 g/mol. The number of rotatable bonds is 2. The average Bonchev–Trinajstić information content (AvgIpc) is 2.59. The van der Waals surface area contributed by atoms with Crippen molar-refractivity contribution in [2.75, 3.05) is 7.11 Å². The lowest BCUT2D eigenvalue weighted by atomic mass is 10.2. The molecule has 0 fully saturated rings. The van der Waals surface area contributed by atoms with E-state index in [0.29, 0.717) is 11.1 Å². The summed E-state index contributed by atoms with van der Waals surface area (Å²) in [5, 5.41) is 9.00. The molecule has 0 aliphatic carbocycles. The Hall–Kier alpha value is -1.55. The van der Waals surface area contributed by atoms with Gasteiger partial charge in [-0.15, -0.1) is 0 Å². The van der Waals surface area contributed by atoms with Gasteiger partial charge in [0, 0.05) is 5.56 Å². The zero-order valence-corrected chi connectivity index (χ0v) is 7.15. The number of aliphatic hydroxyl groups excluding tert-OH is 1. The molecule has 2 rings (SSSR count). The topological polar surface area (TPSA) is 55.5 Å². The summed E-state index contributed by atoms with van der Waals surface area (Å²) in [4.78, 5) is 4.05. The number of aliphatic hydroxyl groups is 1. The van der Waals surface area contributed by atoms with Crippen molar-refractivity contribution in [1.82, 2.24) is 4.98 Å². The van der Waals surface area contributed by atoms with Gasteiger partial charge in [-0.05, 0) is 6.07 Å². The Labute approximate surface area is 74.8 Å². The number of hydrogen-bond acceptors (Lipinski definition) is 4. The first-order valence-electron chi connectivity index (χ1n) is 3.88. The summed E-state index contributed by atoms with van der Waals surface area (Å²) in [6.45, 7) is -0.0486. The van der Waals surface area contributed by atoms with Crippen molar-refractivity contribution >= 4 is 11.1 Å². The van der Waals surface area contributed by atoms with Crippen LogP contribution in [0.15, 0.2) is 22.6 Å². The summed E-state index contributed by atoms with van der Waals surface area (Å²) >= 11 is 0. The van der Waals surface area contributed by atoms with Gasteiger partial charge in [0.05, 0.1) is 13.7 Å². The van der Waals surface area contributed by atoms with Crippen molar-refractivity contribution in [2.45, 2.75) is 6.61 Å². The van der Waals surface area contributed by atoms with Crippen LogP contribution in [0.5, 0.6) is 6.08 Å². The lowest BCUT2D eigenvalue weighted by Gasteiger charge is -1.93. The molecule has 1 N–H and O–H groups in total. The molecule has 0 atom stereocenters. The quantitative estimate of drug-likeness (QED) is 0.755. The van der Waals surface area contributed by atoms with Gasteiger partial charge >= 0.3 is 6.08 Å². The summed E-state index contributed by atoms with van der Waals surface area (Å²) in [7, 11) is 1.49. The number of para-hydroxylation sites is 1. The van der Waals surface area contributed by atoms with E-state index in [1.165, 1.54) is 7.11 Å². The smallest absolute Gasteiger partial charge is 0.394 e. The predicted octanol–water partition coefficient (Wildman–Crippen LogP) is 1.33. The van der Waals surface area contributed by atoms with E-state index in [-0.39, 0.29) is 12.7 Å². The van der Waals surface area contributed by atoms with Crippen molar-refractivity contribution in [2.24, 2.45) is 0 Å². The highest BCUT2D eigenvalue weighted by Gasteiger charge is 2.08. The van der Waals surface area contributed by atoms with Gasteiger partial charge in [0.2, 0.25) is 0 Å². The van der Waals surface area contributed by atoms with Gasteiger partial charge in [0.25, 0.3) is 0 Å². The van der Waals surface area contributed by atoms with E-state index in [9.17, 15) is 0 Å². The second kappa shape index (κ2) is 3.06. The summed E-state index contributed by atoms with van der Waals surface area (Å²) in [5.74, 6) is 0. The Bertz CT molecular complexity index is 422. The third kappa shape index (κ3) is 1.25. The Morgan fingerprint density at radius 2 is 2.38 bits per heavy atom. The molecule has 0 saturated heterocycles. The highest BCUT2D eigenvalue weighted by Crippen LogP contribution is 2.23. The van der Waals surface area contributed by atoms with Gasteiger partial charge in [0.15, 0.2) is 5.58 Å². The molecular formula is C9H9NO3. The summed E-state index contributed by atoms with van der Waals surface area (Å²) in [6, 6.07) is 5.38. The van der Waals surface area contributed by atoms with Gasteiger partial charge in [-0.3, -0.25) is 0 Å². The second-order valence-electron chi connectivity index (χ2n) is 2.61. The molecule has 1 aromatic heterocycles. The highest BCUT2D eigenvalue weighted by molar-refractivity contribution is 5.76. The SMILES string of the molecule is COc1nc2c(CO)cccc2o1. The summed E-state index contributed by atoms with van der Waals surface area (Å²) in [5.41, 5.74) is 2.02. The highest BCUT2D eigenvalue weighted by atomic mass is 16.6. The van der Waals surface area contributed by atoms with Gasteiger partial charge in [-0.25, -0.2) is 0 Å². The van der Waals surface area contributed by atoms with E-state index >= 15 is 0 Å². The van der Waals surface area contributed by atoms with E-state index in [2.05, 4.69) is 4.98 Å². The molecule has 2 aromatic rings. The number of nitrogens with zero attached hydrogens (tertiary/aromatic N) is 1. The van der Waals surface area contributed by atoms with E-state index < -0.39 is 0 Å². The fraction of sp³-hybridized carbons (Fsp3) is 0.222. The maximum atomic E-state index is 9.00. The largest absolute Gasteiger partial charge is 0.453 e. The van der Waals surface area contributed by atoms with Crippen LogP contribution in [0.3, 0.4) is 0 Å². The van der Waals surface area contributed by atoms with Crippen LogP contribution in [0, 0.1) is 0 Å². The maximum Gasteiger partial charge on any atom is 0.394 e. The number of methoxy groups -OCH3 is 1. The molecule has 0 radical (unpaired) electrons. The molecule has 0 aliphatic rings. The fourth-order valence-corrected chi connectivity index (χ4v) is 1.20. The van der Waals surface area contributed by atoms with Crippen LogP contribution in [-0.4, -0.2) is 17.2 Å². The minimum absolute atomic E-state index is 0.0486. The monoisotopic (exact) mass is 179 g/mol. The summed E-state index contributed by atoms with van der Waals surface area (Å²) in [6.07, 6.45) is 0.218. The molecule has 1 heterocycles. The Morgan fingerprint density at radius 1 is 1.54 bits per heavy atom. The van der Waals surface area contributed by atoms with Crippen molar-refractivity contribution in [3.8, 4) is 6.08 Å². The van der Waals surface area contributed by atoms with E-state index in [1.807, 2.05) is 0 Å². The van der Waals surface area contributed by atoms with Crippen molar-refractivity contribution in [3.05, 3.63) is 23.8 Å². The molecule has 1 aromatic carbocycles. The van der Waals surface area contributed by atoms with Crippen LogP contribution in [0.2, 0.25) is 0 Å². The number of benzene rings is 1. The Morgan fingerprint density at radius 3 is 3.08 bits per heavy atom. The molecule has 0 unspecified atom stereocenters. The molecule has 0 saturated carbocycles. The summed E-state index contributed by atoms with van der Waals surface area (Å²) < 4.78 is 10.1. The fourth-order valence-electron chi connectivity index (χ4n) is 1.20. The first kappa shape index (κ1) is 8.07. The van der Waals surface area contributed by atoms with Crippen LogP contribution in [0.4, 0.5) is 0 Å². The minimum Gasteiger partial charge on any atom is -0.453 e. The van der Waals surface area contributed by atoms with Gasteiger partial charge in [0.1, 0.15) is 5.52 Å². The van der Waals surface area contributed by atoms with E-state index in [0.717, 1.165) is 5.56 Å². The third-order valence-electron chi connectivity index (χ3n) is 1.83. The first-order valence-corrected chi connectivity index (χ1v) is 3.88. The number of fused-ring (bicyclic) bond motifs is 1. The zero-order chi connectivity index (χ0) is 9.26. The second-order valence-corrected chi connectivity index (χ2v) is 2.61. The minimum atomic E-state index is -0.0486. The predicted molar refractivity (Wildman–Crippen MR) is 46.5 cm³/mol. The van der Waals surface area contributed by atoms with Gasteiger partial charge in [-0.2, -0.15) is 4.98 Å². The van der Waals surface area contributed by atoms with Crippen LogP contribution in [0.25, 0.3) is 11.1 Å². The first-order chi connectivity index (χ1) is 6.35. The Kier molecular flexibility index (Phi) is 1.90. The van der Waals surface area contributed by atoms with Crippen LogP contribution < -0.4 is 4.74 Å². The molecule has 13 heavy (non-hydrogen) atoms. The van der Waals surface area contributed by atoms with Crippen molar-refractivity contribution in [3.63, 3.8) is 0 Å². The molecule has 0 amide bonds. The number of oxazole rings is 1. The Balaban J connectivity index is 2.67. The zero-order valence-electron chi connectivity index (χ0n) is 7.15. The molecule has 4 heteroatoms. The maximum absolute atomic E-state index is 9.00. The number of aromatic nitrogens is 1. The number of ether oxygens (including phenoxy) is 1. The lowest BCUT2D eigenvalue weighted by Crippen LogP contribution is -1.85. The van der Waals surface area contributed by atoms with Crippen LogP contribution >= 0.6 is 0 Å². The molecular weight excluding hydrogens is 170 g/mol. The molecule has 4 nitrogen and oxygen atoms in total. The normalized spacial score (nSPS) is 10.6. The molecule has 0 spiro atoms. The molecule has 0 aliphatic heterocycles. The standard InChI is InChI=1S/C9H9NO3/c1-12-9-10-8-6(5-11)3-2-4-7(8)13-9/h2-4,11H,5H2,1H3. The van der Waals surface area contributed by atoms with Crippen molar-refractivity contribution in [1.29, 1.82) is 0 Å². The van der Waals surface area contributed by atoms with E-state index in [1.54, 1.807) is 18.2 Å². The van der Waals surface area contributed by atoms with Gasteiger partial charge in [-0.1, -0.05) is 12.1 Å². The lowest BCUT2D eigenvalue weighted by molar-refractivity contribution is 0.283. The van der Waals surface area contributed by atoms with E-state index in [4.69, 9.17) is 14.3 Å². The molecule has 0 bridgehead atoms. The molecule has 68 valence electrons. The van der Waals surface area contributed by atoms with Crippen LogP contribution in [0.1, 0.15) is 5.56 Å². The van der Waals surface area contributed by atoms with Crippen molar-refractivity contribution < 1.29 is 14.3 Å². The third-order valence-corrected chi connectivity index (χ3v) is 1.83.